The molecule has 1 aliphatic rings. The van der Waals surface area contributed by atoms with Crippen LogP contribution in [0.4, 0.5) is 4.39 Å². The van der Waals surface area contributed by atoms with Crippen molar-refractivity contribution >= 4 is 38.9 Å². The maximum absolute atomic E-state index is 16.0. The minimum atomic E-state index is -3.20. The molecular weight excluding hydrogens is 523 g/mol. The van der Waals surface area contributed by atoms with Gasteiger partial charge in [-0.05, 0) is 60.8 Å². The predicted molar refractivity (Wildman–Crippen MR) is 139 cm³/mol. The minimum absolute atomic E-state index is 0.0398. The first-order valence-electron chi connectivity index (χ1n) is 11.6. The molecule has 186 valence electrons. The van der Waals surface area contributed by atoms with Gasteiger partial charge in [0.25, 0.3) is 0 Å². The number of aliphatic hydroxyl groups excluding tert-OH is 1. The first-order chi connectivity index (χ1) is 15.2. The topological polar surface area (TPSA) is 112 Å². The van der Waals surface area contributed by atoms with E-state index >= 15 is 4.39 Å². The lowest BCUT2D eigenvalue weighted by molar-refractivity contribution is 0.217. The Labute approximate surface area is 207 Å². The number of aromatic nitrogens is 1. The van der Waals surface area contributed by atoms with Crippen LogP contribution >= 0.6 is 15.9 Å². The maximum Gasteiger partial charge on any atom is 0.145 e. The fourth-order valence-electron chi connectivity index (χ4n) is 4.30. The summed E-state index contributed by atoms with van der Waals surface area (Å²) in [6.07, 6.45) is 1.61. The number of halogens is 2. The summed E-state index contributed by atoms with van der Waals surface area (Å²) in [6, 6.07) is 6.57. The van der Waals surface area contributed by atoms with Gasteiger partial charge in [-0.25, -0.2) is 17.9 Å². The van der Waals surface area contributed by atoms with Gasteiger partial charge in [-0.15, -0.1) is 0 Å². The molecule has 2 atom stereocenters. The van der Waals surface area contributed by atoms with E-state index in [1.807, 2.05) is 0 Å². The second-order valence-corrected chi connectivity index (χ2v) is 19.1. The molecule has 0 amide bonds. The van der Waals surface area contributed by atoms with Gasteiger partial charge in [0, 0.05) is 5.41 Å². The average Bonchev–Trinajstić information content (AvgIpc) is 3.56. The van der Waals surface area contributed by atoms with E-state index in [9.17, 15) is 14.6 Å². The molecule has 1 heterocycles. The summed E-state index contributed by atoms with van der Waals surface area (Å²) in [7, 11) is -5.30. The number of rotatable bonds is 11. The molecule has 0 bridgehead atoms. The van der Waals surface area contributed by atoms with Crippen molar-refractivity contribution in [1.29, 1.82) is 5.26 Å². The van der Waals surface area contributed by atoms with Gasteiger partial charge >= 0.3 is 0 Å². The smallest absolute Gasteiger partial charge is 0.145 e. The second-order valence-electron chi connectivity index (χ2n) is 10.3. The summed E-state index contributed by atoms with van der Waals surface area (Å²) in [5.41, 5.74) is 4.94. The number of nitrogens with two attached hydrogens (primary N) is 1. The number of aliphatic hydroxyl groups is 1. The van der Waals surface area contributed by atoms with Crippen LogP contribution in [0.15, 0.2) is 15.0 Å². The lowest BCUT2D eigenvalue weighted by atomic mass is 10.0. The Morgan fingerprint density at radius 1 is 1.33 bits per heavy atom. The van der Waals surface area contributed by atoms with Crippen LogP contribution in [0.3, 0.4) is 0 Å². The highest BCUT2D eigenvalue weighted by Crippen LogP contribution is 2.46. The van der Waals surface area contributed by atoms with Crippen LogP contribution in [-0.4, -0.2) is 46.0 Å². The highest BCUT2D eigenvalue weighted by molar-refractivity contribution is 9.10. The highest BCUT2D eigenvalue weighted by Gasteiger charge is 2.45. The van der Waals surface area contributed by atoms with Crippen molar-refractivity contribution < 1.29 is 13.7 Å². The van der Waals surface area contributed by atoms with Gasteiger partial charge < -0.3 is 10.8 Å². The standard InChI is InChI=1S/C23H38BrFN4O2SSi/c1-7-33(8-2,9-3)17-12-18(24)29-20(19(17)25)22(6,27)16-32(31,21(4,5)13-26)28-14-23(15-30)10-11-23/h12,30H,7-11,14-16,27H2,1-6H3/t22-,32+/m0/s1. The molecule has 0 spiro atoms. The molecule has 1 aromatic rings. The van der Waals surface area contributed by atoms with E-state index in [1.54, 1.807) is 26.8 Å². The monoisotopic (exact) mass is 560 g/mol. The lowest BCUT2D eigenvalue weighted by Crippen LogP contribution is -2.51. The quantitative estimate of drug-likeness (QED) is 0.307. The lowest BCUT2D eigenvalue weighted by Gasteiger charge is -2.34. The van der Waals surface area contributed by atoms with Crippen LogP contribution in [0.1, 0.15) is 60.1 Å². The van der Waals surface area contributed by atoms with E-state index in [0.29, 0.717) is 9.79 Å². The number of hydrogen-bond acceptors (Lipinski definition) is 6. The zero-order valence-electron chi connectivity index (χ0n) is 20.7. The van der Waals surface area contributed by atoms with E-state index in [2.05, 4.69) is 52.1 Å². The molecule has 1 fully saturated rings. The Hall–Kier alpha value is -0.863. The molecule has 3 N–H and O–H groups in total. The van der Waals surface area contributed by atoms with Crippen molar-refractivity contribution in [1.82, 2.24) is 4.98 Å². The van der Waals surface area contributed by atoms with Crippen LogP contribution in [-0.2, 0) is 15.3 Å². The van der Waals surface area contributed by atoms with Gasteiger partial charge in [-0.3, -0.25) is 0 Å². The van der Waals surface area contributed by atoms with Crippen LogP contribution < -0.4 is 10.9 Å². The van der Waals surface area contributed by atoms with Crippen molar-refractivity contribution in [3.05, 3.63) is 22.2 Å². The zero-order chi connectivity index (χ0) is 25.3. The molecule has 0 radical (unpaired) electrons. The molecule has 0 saturated heterocycles. The second kappa shape index (κ2) is 10.0. The summed E-state index contributed by atoms with van der Waals surface area (Å²) < 4.78 is 33.9. The van der Waals surface area contributed by atoms with Gasteiger partial charge in [0.15, 0.2) is 0 Å². The number of hydrogen-bond donors (Lipinski definition) is 2. The van der Waals surface area contributed by atoms with Gasteiger partial charge in [0.1, 0.15) is 15.2 Å². The number of nitrogens with zero attached hydrogens (tertiary/aromatic N) is 3. The third-order valence-corrected chi connectivity index (χ3v) is 16.7. The van der Waals surface area contributed by atoms with Crippen molar-refractivity contribution in [2.24, 2.45) is 15.5 Å². The van der Waals surface area contributed by atoms with Crippen molar-refractivity contribution in [3.63, 3.8) is 0 Å². The third kappa shape index (κ3) is 5.53. The van der Waals surface area contributed by atoms with Gasteiger partial charge in [-0.1, -0.05) is 38.9 Å². The van der Waals surface area contributed by atoms with Crippen molar-refractivity contribution in [2.75, 3.05) is 18.9 Å². The SMILES string of the molecule is CC[Si](CC)(CC)c1cc(Br)nc([C@@](C)(N)C[S@](=O)(=NCC2(CO)CC2)C(C)(C)C#N)c1F. The van der Waals surface area contributed by atoms with Crippen molar-refractivity contribution in [2.45, 2.75) is 82.8 Å². The predicted octanol–water partition coefficient (Wildman–Crippen LogP) is 4.42. The minimum Gasteiger partial charge on any atom is -0.396 e. The first-order valence-corrected chi connectivity index (χ1v) is 16.7. The Bertz CT molecular complexity index is 1030. The Morgan fingerprint density at radius 3 is 2.30 bits per heavy atom. The van der Waals surface area contributed by atoms with Crippen LogP contribution in [0.25, 0.3) is 0 Å². The van der Waals surface area contributed by atoms with Crippen LogP contribution in [0.5, 0.6) is 0 Å². The third-order valence-electron chi connectivity index (χ3n) is 7.53. The molecule has 6 nitrogen and oxygen atoms in total. The molecule has 1 saturated carbocycles. The van der Waals surface area contributed by atoms with E-state index in [1.165, 1.54) is 0 Å². The Balaban J connectivity index is 2.63. The molecule has 33 heavy (non-hydrogen) atoms. The van der Waals surface area contributed by atoms with Gasteiger partial charge in [-0.2, -0.15) is 5.26 Å². The molecule has 0 unspecified atom stereocenters. The average molecular weight is 562 g/mol. The van der Waals surface area contributed by atoms with E-state index in [0.717, 1.165) is 31.0 Å². The Kier molecular flexibility index (Phi) is 8.61. The van der Waals surface area contributed by atoms with Crippen LogP contribution in [0.2, 0.25) is 18.1 Å². The summed E-state index contributed by atoms with van der Waals surface area (Å²) in [6.45, 7) is 11.2. The summed E-state index contributed by atoms with van der Waals surface area (Å²) >= 11 is 3.44. The summed E-state index contributed by atoms with van der Waals surface area (Å²) in [5, 5.41) is 20.1. The fourth-order valence-corrected chi connectivity index (χ4v) is 10.9. The largest absolute Gasteiger partial charge is 0.396 e. The summed E-state index contributed by atoms with van der Waals surface area (Å²) in [4.78, 5) is 4.40. The number of pyridine rings is 1. The molecule has 0 aromatic carbocycles. The number of nitriles is 1. The fraction of sp³-hybridized carbons (Fsp3) is 0.739. The maximum atomic E-state index is 16.0. The molecule has 2 rings (SSSR count). The van der Waals surface area contributed by atoms with Gasteiger partial charge in [0.2, 0.25) is 0 Å². The molecule has 0 aliphatic heterocycles. The molecular formula is C23H38BrFN4O2SSi. The highest BCUT2D eigenvalue weighted by atomic mass is 79.9. The normalized spacial score (nSPS) is 19.3. The first kappa shape index (κ1) is 28.4. The Morgan fingerprint density at radius 2 is 1.88 bits per heavy atom. The van der Waals surface area contributed by atoms with E-state index in [4.69, 9.17) is 5.73 Å². The molecule has 10 heteroatoms. The van der Waals surface area contributed by atoms with E-state index < -0.39 is 33.9 Å². The zero-order valence-corrected chi connectivity index (χ0v) is 24.1. The molecule has 1 aromatic heterocycles. The van der Waals surface area contributed by atoms with Crippen molar-refractivity contribution in [3.8, 4) is 6.07 Å². The van der Waals surface area contributed by atoms with E-state index in [-0.39, 0.29) is 30.0 Å². The summed E-state index contributed by atoms with van der Waals surface area (Å²) in [5.74, 6) is -0.633. The molecule has 1 aliphatic carbocycles. The van der Waals surface area contributed by atoms with Gasteiger partial charge in [0.05, 0.1) is 54.0 Å². The van der Waals surface area contributed by atoms with Crippen LogP contribution in [0, 0.1) is 22.6 Å².